The fourth-order valence-electron chi connectivity index (χ4n) is 2.09. The van der Waals surface area contributed by atoms with Gasteiger partial charge in [-0.1, -0.05) is 0 Å². The van der Waals surface area contributed by atoms with Gasteiger partial charge >= 0.3 is 5.97 Å². The molecule has 1 rings (SSSR count). The third kappa shape index (κ3) is 3.56. The van der Waals surface area contributed by atoms with Crippen LogP contribution in [0.1, 0.15) is 48.6 Å². The van der Waals surface area contributed by atoms with Gasteiger partial charge in [0.25, 0.3) is 0 Å². The number of esters is 1. The van der Waals surface area contributed by atoms with E-state index in [2.05, 4.69) is 19.9 Å². The molecule has 0 aliphatic carbocycles. The molecule has 1 atom stereocenters. The Morgan fingerprint density at radius 3 is 2.56 bits per heavy atom. The van der Waals surface area contributed by atoms with E-state index in [1.54, 1.807) is 11.3 Å². The van der Waals surface area contributed by atoms with E-state index in [0.717, 1.165) is 5.56 Å². The van der Waals surface area contributed by atoms with Crippen LogP contribution in [0.25, 0.3) is 0 Å². The topological polar surface area (TPSA) is 52.3 Å². The molecule has 3 nitrogen and oxygen atoms in total. The number of carbonyl (C=O) groups excluding carboxylic acids is 1. The van der Waals surface area contributed by atoms with E-state index in [-0.39, 0.29) is 12.0 Å². The predicted octanol–water partition coefficient (Wildman–Crippen LogP) is 3.34. The van der Waals surface area contributed by atoms with Crippen LogP contribution in [0.15, 0.2) is 6.07 Å². The summed E-state index contributed by atoms with van der Waals surface area (Å²) >= 11 is 1.75. The quantitative estimate of drug-likeness (QED) is 0.834. The van der Waals surface area contributed by atoms with Crippen molar-refractivity contribution in [3.8, 4) is 0 Å². The number of thiophene rings is 1. The first-order valence-corrected chi connectivity index (χ1v) is 7.09. The SMILES string of the molecule is CCOC(=O)C(C)(C)CC(N)c1cc(C)sc1C. The first-order valence-electron chi connectivity index (χ1n) is 6.27. The van der Waals surface area contributed by atoms with Crippen molar-refractivity contribution in [3.05, 3.63) is 21.4 Å². The maximum Gasteiger partial charge on any atom is 0.311 e. The highest BCUT2D eigenvalue weighted by Gasteiger charge is 2.32. The van der Waals surface area contributed by atoms with Gasteiger partial charge in [0.1, 0.15) is 0 Å². The highest BCUT2D eigenvalue weighted by Crippen LogP contribution is 2.33. The Morgan fingerprint density at radius 2 is 2.11 bits per heavy atom. The number of hydrogen-bond donors (Lipinski definition) is 1. The maximum atomic E-state index is 11.8. The number of hydrogen-bond acceptors (Lipinski definition) is 4. The van der Waals surface area contributed by atoms with Crippen LogP contribution in [0.2, 0.25) is 0 Å². The number of aryl methyl sites for hydroxylation is 2. The summed E-state index contributed by atoms with van der Waals surface area (Å²) in [5.41, 5.74) is 6.83. The number of ether oxygens (including phenoxy) is 1. The first kappa shape index (κ1) is 15.2. The Morgan fingerprint density at radius 1 is 1.50 bits per heavy atom. The lowest BCUT2D eigenvalue weighted by Crippen LogP contribution is -2.31. The first-order chi connectivity index (χ1) is 8.27. The molecule has 1 aromatic rings. The van der Waals surface area contributed by atoms with Gasteiger partial charge < -0.3 is 10.5 Å². The molecule has 0 fully saturated rings. The van der Waals surface area contributed by atoms with Gasteiger partial charge in [-0.15, -0.1) is 11.3 Å². The van der Waals surface area contributed by atoms with Gasteiger partial charge in [0.05, 0.1) is 12.0 Å². The Bertz CT molecular complexity index is 423. The van der Waals surface area contributed by atoms with Gasteiger partial charge in [-0.05, 0) is 52.7 Å². The van der Waals surface area contributed by atoms with Crippen molar-refractivity contribution in [2.45, 2.75) is 47.1 Å². The predicted molar refractivity (Wildman–Crippen MR) is 75.8 cm³/mol. The highest BCUT2D eigenvalue weighted by molar-refractivity contribution is 7.12. The van der Waals surface area contributed by atoms with E-state index in [9.17, 15) is 4.79 Å². The average Bonchev–Trinajstić information content (AvgIpc) is 2.57. The Balaban J connectivity index is 2.78. The molecule has 0 saturated carbocycles. The minimum atomic E-state index is -0.544. The van der Waals surface area contributed by atoms with E-state index >= 15 is 0 Å². The second-order valence-corrected chi connectivity index (χ2v) is 6.74. The van der Waals surface area contributed by atoms with Crippen LogP contribution in [0, 0.1) is 19.3 Å². The van der Waals surface area contributed by atoms with Crippen molar-refractivity contribution >= 4 is 17.3 Å². The van der Waals surface area contributed by atoms with E-state index in [4.69, 9.17) is 10.5 Å². The molecule has 0 spiro atoms. The molecule has 18 heavy (non-hydrogen) atoms. The van der Waals surface area contributed by atoms with E-state index in [1.165, 1.54) is 9.75 Å². The van der Waals surface area contributed by atoms with Crippen molar-refractivity contribution in [1.29, 1.82) is 0 Å². The van der Waals surface area contributed by atoms with Crippen LogP contribution in [-0.4, -0.2) is 12.6 Å². The molecule has 0 bridgehead atoms. The number of nitrogens with two attached hydrogens (primary N) is 1. The van der Waals surface area contributed by atoms with E-state index in [1.807, 2.05) is 20.8 Å². The third-order valence-electron chi connectivity index (χ3n) is 3.04. The summed E-state index contributed by atoms with van der Waals surface area (Å²) in [6.07, 6.45) is 0.600. The standard InChI is InChI=1S/C14H23NO2S/c1-6-17-13(16)14(4,5)8-12(15)11-7-9(2)18-10(11)3/h7,12H,6,8,15H2,1-5H3. The van der Waals surface area contributed by atoms with Crippen molar-refractivity contribution in [1.82, 2.24) is 0 Å². The lowest BCUT2D eigenvalue weighted by atomic mass is 9.84. The number of rotatable bonds is 5. The summed E-state index contributed by atoms with van der Waals surface area (Å²) in [5, 5.41) is 0. The Labute approximate surface area is 113 Å². The van der Waals surface area contributed by atoms with Crippen molar-refractivity contribution in [2.75, 3.05) is 6.61 Å². The molecule has 0 saturated heterocycles. The summed E-state index contributed by atoms with van der Waals surface area (Å²) in [7, 11) is 0. The zero-order valence-corrected chi connectivity index (χ0v) is 12.7. The zero-order chi connectivity index (χ0) is 13.9. The number of carbonyl (C=O) groups is 1. The second-order valence-electron chi connectivity index (χ2n) is 5.28. The molecule has 0 radical (unpaired) electrons. The minimum absolute atomic E-state index is 0.116. The Hall–Kier alpha value is -0.870. The second kappa shape index (κ2) is 5.85. The van der Waals surface area contributed by atoms with Crippen molar-refractivity contribution in [3.63, 3.8) is 0 Å². The van der Waals surface area contributed by atoms with Crippen molar-refractivity contribution < 1.29 is 9.53 Å². The smallest absolute Gasteiger partial charge is 0.311 e. The highest BCUT2D eigenvalue weighted by atomic mass is 32.1. The summed E-state index contributed by atoms with van der Waals surface area (Å²) in [4.78, 5) is 14.3. The summed E-state index contributed by atoms with van der Waals surface area (Å²) in [6, 6.07) is 2.00. The normalized spacial score (nSPS) is 13.4. The summed E-state index contributed by atoms with van der Waals surface area (Å²) in [6.45, 7) is 10.2. The summed E-state index contributed by atoms with van der Waals surface area (Å²) < 4.78 is 5.09. The molecule has 0 aromatic carbocycles. The molecular formula is C14H23NO2S. The fourth-order valence-corrected chi connectivity index (χ4v) is 3.09. The molecule has 0 amide bonds. The average molecular weight is 269 g/mol. The molecule has 1 unspecified atom stereocenters. The molecule has 102 valence electrons. The van der Waals surface area contributed by atoms with E-state index in [0.29, 0.717) is 13.0 Å². The molecule has 4 heteroatoms. The van der Waals surface area contributed by atoms with Crippen LogP contribution in [0.4, 0.5) is 0 Å². The van der Waals surface area contributed by atoms with Gasteiger partial charge in [0, 0.05) is 15.8 Å². The molecule has 0 aliphatic rings. The molecule has 1 heterocycles. The van der Waals surface area contributed by atoms with Gasteiger partial charge in [0.15, 0.2) is 0 Å². The van der Waals surface area contributed by atoms with E-state index < -0.39 is 5.41 Å². The van der Waals surface area contributed by atoms with Gasteiger partial charge in [-0.3, -0.25) is 4.79 Å². The molecule has 0 aliphatic heterocycles. The van der Waals surface area contributed by atoms with Crippen LogP contribution in [0.3, 0.4) is 0 Å². The molecule has 2 N–H and O–H groups in total. The largest absolute Gasteiger partial charge is 0.466 e. The lowest BCUT2D eigenvalue weighted by Gasteiger charge is -2.25. The monoisotopic (exact) mass is 269 g/mol. The molecular weight excluding hydrogens is 246 g/mol. The lowest BCUT2D eigenvalue weighted by molar-refractivity contribution is -0.154. The zero-order valence-electron chi connectivity index (χ0n) is 11.9. The third-order valence-corrected chi connectivity index (χ3v) is 4.02. The maximum absolute atomic E-state index is 11.8. The van der Waals surface area contributed by atoms with Crippen molar-refractivity contribution in [2.24, 2.45) is 11.1 Å². The van der Waals surface area contributed by atoms with Crippen LogP contribution in [0.5, 0.6) is 0 Å². The van der Waals surface area contributed by atoms with Crippen LogP contribution < -0.4 is 5.73 Å². The minimum Gasteiger partial charge on any atom is -0.466 e. The summed E-state index contributed by atoms with van der Waals surface area (Å²) in [5.74, 6) is -0.176. The van der Waals surface area contributed by atoms with Crippen LogP contribution >= 0.6 is 11.3 Å². The van der Waals surface area contributed by atoms with Gasteiger partial charge in [0.2, 0.25) is 0 Å². The fraction of sp³-hybridized carbons (Fsp3) is 0.643. The van der Waals surface area contributed by atoms with Crippen LogP contribution in [-0.2, 0) is 9.53 Å². The van der Waals surface area contributed by atoms with Gasteiger partial charge in [-0.25, -0.2) is 0 Å². The van der Waals surface area contributed by atoms with Gasteiger partial charge in [-0.2, -0.15) is 0 Å². The molecule has 1 aromatic heterocycles. The Kier molecular flexibility index (Phi) is 4.93.